The number of aromatic nitrogens is 1. The Bertz CT molecular complexity index is 600. The smallest absolute Gasteiger partial charge is 0.223 e. The Balaban J connectivity index is 1.83. The van der Waals surface area contributed by atoms with Crippen LogP contribution in [0.3, 0.4) is 0 Å². The first-order chi connectivity index (χ1) is 11.4. The van der Waals surface area contributed by atoms with E-state index in [1.165, 1.54) is 50.8 Å². The second-order valence-corrected chi connectivity index (χ2v) is 6.21. The molecule has 2 heterocycles. The first kappa shape index (κ1) is 16.0. The highest BCUT2D eigenvalue weighted by atomic mass is 16.5. The van der Waals surface area contributed by atoms with Gasteiger partial charge in [0.15, 0.2) is 0 Å². The fourth-order valence-corrected chi connectivity index (χ4v) is 3.31. The van der Waals surface area contributed by atoms with Gasteiger partial charge in [-0.1, -0.05) is 44.0 Å². The minimum absolute atomic E-state index is 0.433. The number of benzene rings is 1. The van der Waals surface area contributed by atoms with Gasteiger partial charge in [0, 0.05) is 17.8 Å². The predicted octanol–water partition coefficient (Wildman–Crippen LogP) is 5.20. The van der Waals surface area contributed by atoms with Crippen LogP contribution in [-0.2, 0) is 0 Å². The van der Waals surface area contributed by atoms with E-state index in [1.807, 2.05) is 42.6 Å². The largest absolute Gasteiger partial charge is 0.439 e. The lowest BCUT2D eigenvalue weighted by Crippen LogP contribution is -2.34. The molecular formula is C20H26N2O. The fraction of sp³-hybridized carbons (Fsp3) is 0.450. The van der Waals surface area contributed by atoms with E-state index in [4.69, 9.17) is 4.74 Å². The third kappa shape index (κ3) is 4.11. The maximum absolute atomic E-state index is 6.08. The summed E-state index contributed by atoms with van der Waals surface area (Å²) in [5, 5.41) is 0. The number of hydrogen-bond acceptors (Lipinski definition) is 3. The molecule has 0 radical (unpaired) electrons. The molecule has 1 fully saturated rings. The topological polar surface area (TPSA) is 25.4 Å². The van der Waals surface area contributed by atoms with E-state index in [-0.39, 0.29) is 0 Å². The summed E-state index contributed by atoms with van der Waals surface area (Å²) in [5.41, 5.74) is 1.23. The zero-order valence-electron chi connectivity index (χ0n) is 13.9. The molecule has 1 aromatic carbocycles. The van der Waals surface area contributed by atoms with E-state index in [1.54, 1.807) is 0 Å². The van der Waals surface area contributed by atoms with Gasteiger partial charge in [-0.25, -0.2) is 4.98 Å². The molecule has 0 spiro atoms. The van der Waals surface area contributed by atoms with E-state index in [0.29, 0.717) is 6.04 Å². The maximum atomic E-state index is 6.08. The number of pyridine rings is 1. The van der Waals surface area contributed by atoms with Crippen molar-refractivity contribution in [3.05, 3.63) is 54.2 Å². The van der Waals surface area contributed by atoms with Crippen molar-refractivity contribution >= 4 is 0 Å². The van der Waals surface area contributed by atoms with Crippen molar-refractivity contribution < 1.29 is 4.74 Å². The van der Waals surface area contributed by atoms with Crippen molar-refractivity contribution in [3.8, 4) is 11.6 Å². The number of hydrogen-bond donors (Lipinski definition) is 0. The molecule has 1 aliphatic rings. The van der Waals surface area contributed by atoms with Gasteiger partial charge in [0.05, 0.1) is 0 Å². The van der Waals surface area contributed by atoms with Crippen LogP contribution in [0.1, 0.15) is 50.6 Å². The molecule has 3 nitrogen and oxygen atoms in total. The Hall–Kier alpha value is -1.87. The number of rotatable bonds is 6. The molecule has 1 unspecified atom stereocenters. The molecule has 1 atom stereocenters. The minimum atomic E-state index is 0.433. The quantitative estimate of drug-likeness (QED) is 0.733. The number of piperidine rings is 1. The lowest BCUT2D eigenvalue weighted by molar-refractivity contribution is 0.144. The normalized spacial score (nSPS) is 18.7. The van der Waals surface area contributed by atoms with Crippen molar-refractivity contribution in [3.63, 3.8) is 0 Å². The standard InChI is InChI=1S/C20H26N2O/c1-2-3-15-22-16-8-7-13-19(22)18-12-9-14-21-20(18)23-17-10-5-4-6-11-17/h4-6,9-12,14,19H,2-3,7-8,13,15-16H2,1H3. The molecule has 1 aromatic heterocycles. The second kappa shape index (κ2) is 8.11. The Morgan fingerprint density at radius 1 is 1.13 bits per heavy atom. The van der Waals surface area contributed by atoms with Gasteiger partial charge in [0.1, 0.15) is 5.75 Å². The van der Waals surface area contributed by atoms with Gasteiger partial charge in [0.2, 0.25) is 5.88 Å². The summed E-state index contributed by atoms with van der Waals surface area (Å²) in [6.07, 6.45) is 8.10. The number of para-hydroxylation sites is 1. The number of likely N-dealkylation sites (tertiary alicyclic amines) is 1. The van der Waals surface area contributed by atoms with E-state index in [9.17, 15) is 0 Å². The zero-order chi connectivity index (χ0) is 15.9. The molecule has 23 heavy (non-hydrogen) atoms. The van der Waals surface area contributed by atoms with E-state index < -0.39 is 0 Å². The third-order valence-electron chi connectivity index (χ3n) is 4.53. The lowest BCUT2D eigenvalue weighted by atomic mass is 9.95. The molecule has 0 amide bonds. The van der Waals surface area contributed by atoms with Crippen molar-refractivity contribution in [2.45, 2.75) is 45.1 Å². The summed E-state index contributed by atoms with van der Waals surface area (Å²) in [5.74, 6) is 1.61. The molecule has 122 valence electrons. The number of nitrogens with zero attached hydrogens (tertiary/aromatic N) is 2. The summed E-state index contributed by atoms with van der Waals surface area (Å²) in [6.45, 7) is 4.61. The summed E-state index contributed by atoms with van der Waals surface area (Å²) in [6, 6.07) is 14.6. The molecule has 0 bridgehead atoms. The van der Waals surface area contributed by atoms with Crippen LogP contribution in [0.4, 0.5) is 0 Å². The van der Waals surface area contributed by atoms with Crippen LogP contribution >= 0.6 is 0 Å². The van der Waals surface area contributed by atoms with Crippen LogP contribution in [0.5, 0.6) is 11.6 Å². The van der Waals surface area contributed by atoms with Gasteiger partial charge >= 0.3 is 0 Å². The van der Waals surface area contributed by atoms with Crippen molar-refractivity contribution in [2.75, 3.05) is 13.1 Å². The van der Waals surface area contributed by atoms with E-state index >= 15 is 0 Å². The van der Waals surface area contributed by atoms with Crippen LogP contribution in [0.25, 0.3) is 0 Å². The van der Waals surface area contributed by atoms with E-state index in [2.05, 4.69) is 22.9 Å². The molecule has 2 aromatic rings. The SMILES string of the molecule is CCCCN1CCCCC1c1cccnc1Oc1ccccc1. The van der Waals surface area contributed by atoms with Crippen LogP contribution in [-0.4, -0.2) is 23.0 Å². The van der Waals surface area contributed by atoms with Gasteiger partial charge < -0.3 is 4.74 Å². The zero-order valence-corrected chi connectivity index (χ0v) is 13.9. The molecule has 3 rings (SSSR count). The third-order valence-corrected chi connectivity index (χ3v) is 4.53. The van der Waals surface area contributed by atoms with Crippen molar-refractivity contribution in [1.82, 2.24) is 9.88 Å². The Morgan fingerprint density at radius 2 is 2.00 bits per heavy atom. The predicted molar refractivity (Wildman–Crippen MR) is 93.8 cm³/mol. The fourth-order valence-electron chi connectivity index (χ4n) is 3.31. The van der Waals surface area contributed by atoms with Crippen molar-refractivity contribution in [2.24, 2.45) is 0 Å². The molecule has 1 saturated heterocycles. The first-order valence-corrected chi connectivity index (χ1v) is 8.80. The van der Waals surface area contributed by atoms with Crippen LogP contribution < -0.4 is 4.74 Å². The van der Waals surface area contributed by atoms with Gasteiger partial charge in [-0.05, 0) is 50.6 Å². The first-order valence-electron chi connectivity index (χ1n) is 8.80. The molecule has 0 aliphatic carbocycles. The van der Waals surface area contributed by atoms with Gasteiger partial charge in [0.25, 0.3) is 0 Å². The molecule has 0 saturated carbocycles. The Morgan fingerprint density at radius 3 is 2.83 bits per heavy atom. The van der Waals surface area contributed by atoms with Crippen LogP contribution in [0, 0.1) is 0 Å². The van der Waals surface area contributed by atoms with Crippen LogP contribution in [0.2, 0.25) is 0 Å². The molecule has 3 heteroatoms. The summed E-state index contributed by atoms with van der Waals surface area (Å²) < 4.78 is 6.08. The number of unbranched alkanes of at least 4 members (excludes halogenated alkanes) is 1. The monoisotopic (exact) mass is 310 g/mol. The van der Waals surface area contributed by atoms with Crippen molar-refractivity contribution in [1.29, 1.82) is 0 Å². The highest BCUT2D eigenvalue weighted by Gasteiger charge is 2.26. The Labute approximate surface area is 139 Å². The average molecular weight is 310 g/mol. The van der Waals surface area contributed by atoms with E-state index in [0.717, 1.165) is 11.6 Å². The summed E-state index contributed by atoms with van der Waals surface area (Å²) in [4.78, 5) is 7.13. The summed E-state index contributed by atoms with van der Waals surface area (Å²) >= 11 is 0. The van der Waals surface area contributed by atoms with Gasteiger partial charge in [-0.15, -0.1) is 0 Å². The number of ether oxygens (including phenoxy) is 1. The molecule has 1 aliphatic heterocycles. The van der Waals surface area contributed by atoms with Gasteiger partial charge in [-0.3, -0.25) is 4.90 Å². The average Bonchev–Trinajstić information content (AvgIpc) is 2.62. The maximum Gasteiger partial charge on any atom is 0.223 e. The summed E-state index contributed by atoms with van der Waals surface area (Å²) in [7, 11) is 0. The molecule has 0 N–H and O–H groups in total. The van der Waals surface area contributed by atoms with Crippen LogP contribution in [0.15, 0.2) is 48.7 Å². The highest BCUT2D eigenvalue weighted by Crippen LogP contribution is 2.36. The molecular weight excluding hydrogens is 284 g/mol. The van der Waals surface area contributed by atoms with Gasteiger partial charge in [-0.2, -0.15) is 0 Å². The second-order valence-electron chi connectivity index (χ2n) is 6.21. The highest BCUT2D eigenvalue weighted by molar-refractivity contribution is 5.34. The minimum Gasteiger partial charge on any atom is -0.439 e. The lowest BCUT2D eigenvalue weighted by Gasteiger charge is -2.36. The Kier molecular flexibility index (Phi) is 5.65.